The third-order valence-corrected chi connectivity index (χ3v) is 5.74. The van der Waals surface area contributed by atoms with Crippen molar-refractivity contribution in [2.75, 3.05) is 4.90 Å². The molecule has 1 heterocycles. The minimum Gasteiger partial charge on any atom is -0.488 e. The maximum Gasteiger partial charge on any atom is 0.333 e. The van der Waals surface area contributed by atoms with E-state index in [1.54, 1.807) is 42.5 Å². The Morgan fingerprint density at radius 2 is 1.65 bits per heavy atom. The van der Waals surface area contributed by atoms with Crippen molar-refractivity contribution >= 4 is 46.1 Å². The molecule has 0 saturated carbocycles. The number of urea groups is 1. The molecule has 34 heavy (non-hydrogen) atoms. The first-order valence-corrected chi connectivity index (χ1v) is 10.9. The van der Waals surface area contributed by atoms with Gasteiger partial charge in [0.15, 0.2) is 0 Å². The van der Waals surface area contributed by atoms with Crippen molar-refractivity contribution in [2.24, 2.45) is 0 Å². The summed E-state index contributed by atoms with van der Waals surface area (Å²) in [6, 6.07) is 23.4. The molecule has 168 valence electrons. The van der Waals surface area contributed by atoms with Crippen molar-refractivity contribution < 1.29 is 18.7 Å². The maximum atomic E-state index is 13.2. The number of nitrogens with zero attached hydrogens (tertiary/aromatic N) is 1. The Balaban J connectivity index is 1.52. The molecule has 5 rings (SSSR count). The van der Waals surface area contributed by atoms with Gasteiger partial charge >= 0.3 is 6.03 Å². The SMILES string of the molecule is O=C1N/C(=C/c2c(OCc3ccc(F)cc3)ccc3ccccc23)C(=O)N1c1ccc(Cl)cc1. The fourth-order valence-corrected chi connectivity index (χ4v) is 3.92. The predicted octanol–water partition coefficient (Wildman–Crippen LogP) is 6.31. The summed E-state index contributed by atoms with van der Waals surface area (Å²) in [6.07, 6.45) is 1.62. The predicted molar refractivity (Wildman–Crippen MR) is 130 cm³/mol. The molecule has 1 saturated heterocycles. The molecule has 1 aliphatic heterocycles. The minimum atomic E-state index is -0.549. The summed E-state index contributed by atoms with van der Waals surface area (Å²) >= 11 is 5.93. The molecule has 7 heteroatoms. The molecule has 5 nitrogen and oxygen atoms in total. The fourth-order valence-electron chi connectivity index (χ4n) is 3.80. The van der Waals surface area contributed by atoms with Crippen LogP contribution in [0.5, 0.6) is 5.75 Å². The molecule has 0 bridgehead atoms. The number of carbonyl (C=O) groups is 2. The van der Waals surface area contributed by atoms with Gasteiger partial charge < -0.3 is 10.1 Å². The second-order valence-electron chi connectivity index (χ2n) is 7.72. The van der Waals surface area contributed by atoms with Crippen molar-refractivity contribution in [3.63, 3.8) is 0 Å². The van der Waals surface area contributed by atoms with Gasteiger partial charge in [0.05, 0.1) is 5.69 Å². The molecule has 4 aromatic carbocycles. The zero-order valence-electron chi connectivity index (χ0n) is 17.8. The van der Waals surface area contributed by atoms with E-state index in [1.807, 2.05) is 36.4 Å². The van der Waals surface area contributed by atoms with Gasteiger partial charge in [0.2, 0.25) is 0 Å². The van der Waals surface area contributed by atoms with E-state index < -0.39 is 11.9 Å². The van der Waals surface area contributed by atoms with Crippen molar-refractivity contribution in [1.82, 2.24) is 5.32 Å². The van der Waals surface area contributed by atoms with E-state index in [2.05, 4.69) is 5.32 Å². The highest BCUT2D eigenvalue weighted by molar-refractivity contribution is 6.31. The van der Waals surface area contributed by atoms with Crippen molar-refractivity contribution in [1.29, 1.82) is 0 Å². The van der Waals surface area contributed by atoms with Gasteiger partial charge in [-0.15, -0.1) is 0 Å². The number of rotatable bonds is 5. The molecular formula is C27H18ClFN2O3. The van der Waals surface area contributed by atoms with Crippen LogP contribution in [0, 0.1) is 5.82 Å². The summed E-state index contributed by atoms with van der Waals surface area (Å²) in [6.45, 7) is 0.214. The number of amides is 3. The summed E-state index contributed by atoms with van der Waals surface area (Å²) in [5.74, 6) is -0.270. The van der Waals surface area contributed by atoms with Crippen molar-refractivity contribution in [2.45, 2.75) is 6.61 Å². The zero-order chi connectivity index (χ0) is 23.7. The normalized spacial score (nSPS) is 14.6. The van der Waals surface area contributed by atoms with Gasteiger partial charge in [0, 0.05) is 10.6 Å². The Labute approximate surface area is 200 Å². The zero-order valence-corrected chi connectivity index (χ0v) is 18.6. The summed E-state index contributed by atoms with van der Waals surface area (Å²) in [7, 11) is 0. The van der Waals surface area contributed by atoms with Gasteiger partial charge in [0.1, 0.15) is 23.9 Å². The van der Waals surface area contributed by atoms with Crippen LogP contribution in [0.1, 0.15) is 11.1 Å². The number of benzene rings is 4. The number of halogens is 2. The molecule has 0 unspecified atom stereocenters. The van der Waals surface area contributed by atoms with Gasteiger partial charge in [-0.2, -0.15) is 0 Å². The molecule has 4 aromatic rings. The number of carbonyl (C=O) groups excluding carboxylic acids is 2. The molecule has 0 radical (unpaired) electrons. The largest absolute Gasteiger partial charge is 0.488 e. The van der Waals surface area contributed by atoms with Crippen LogP contribution in [0.2, 0.25) is 5.02 Å². The van der Waals surface area contributed by atoms with Gasteiger partial charge in [-0.05, 0) is 64.9 Å². The van der Waals surface area contributed by atoms with E-state index in [0.29, 0.717) is 22.0 Å². The van der Waals surface area contributed by atoms with Crippen molar-refractivity contribution in [3.8, 4) is 5.75 Å². The van der Waals surface area contributed by atoms with Crippen LogP contribution in [0.15, 0.2) is 90.6 Å². The smallest absolute Gasteiger partial charge is 0.333 e. The highest BCUT2D eigenvalue weighted by Crippen LogP contribution is 2.32. The number of fused-ring (bicyclic) bond motifs is 1. The summed E-state index contributed by atoms with van der Waals surface area (Å²) < 4.78 is 19.3. The van der Waals surface area contributed by atoms with Crippen LogP contribution < -0.4 is 15.0 Å². The lowest BCUT2D eigenvalue weighted by molar-refractivity contribution is -0.113. The monoisotopic (exact) mass is 472 g/mol. The molecule has 0 aliphatic carbocycles. The number of nitrogens with one attached hydrogen (secondary N) is 1. The van der Waals surface area contributed by atoms with E-state index >= 15 is 0 Å². The first-order chi connectivity index (χ1) is 16.5. The van der Waals surface area contributed by atoms with Crippen LogP contribution in [-0.4, -0.2) is 11.9 Å². The van der Waals surface area contributed by atoms with Gasteiger partial charge in [-0.3, -0.25) is 4.79 Å². The number of hydrogen-bond acceptors (Lipinski definition) is 3. The van der Waals surface area contributed by atoms with Gasteiger partial charge in [-0.25, -0.2) is 14.1 Å². The van der Waals surface area contributed by atoms with Crippen LogP contribution in [0.25, 0.3) is 16.8 Å². The van der Waals surface area contributed by atoms with E-state index in [4.69, 9.17) is 16.3 Å². The quantitative estimate of drug-likeness (QED) is 0.273. The highest BCUT2D eigenvalue weighted by atomic mass is 35.5. The third-order valence-electron chi connectivity index (χ3n) is 5.49. The highest BCUT2D eigenvalue weighted by Gasteiger charge is 2.35. The maximum absolute atomic E-state index is 13.2. The standard InChI is InChI=1S/C27H18ClFN2O3/c28-19-8-12-21(13-9-19)31-26(32)24(30-27(31)33)15-23-22-4-2-1-3-18(22)7-14-25(23)34-16-17-5-10-20(29)11-6-17/h1-15H,16H2,(H,30,33)/b24-15+. The third kappa shape index (κ3) is 4.23. The summed E-state index contributed by atoms with van der Waals surface area (Å²) in [5.41, 5.74) is 2.00. The van der Waals surface area contributed by atoms with E-state index in [-0.39, 0.29) is 18.1 Å². The van der Waals surface area contributed by atoms with E-state index in [0.717, 1.165) is 21.2 Å². The lowest BCUT2D eigenvalue weighted by Gasteiger charge is -2.13. The molecule has 0 atom stereocenters. The number of anilines is 1. The fraction of sp³-hybridized carbons (Fsp3) is 0.0370. The van der Waals surface area contributed by atoms with Gasteiger partial charge in [0.25, 0.3) is 5.91 Å². The second kappa shape index (κ2) is 9.00. The lowest BCUT2D eigenvalue weighted by atomic mass is 10.0. The first kappa shape index (κ1) is 21.7. The average Bonchev–Trinajstić information content (AvgIpc) is 3.13. The Kier molecular flexibility index (Phi) is 5.74. The number of ether oxygens (including phenoxy) is 1. The Bertz CT molecular complexity index is 1430. The molecule has 1 N–H and O–H groups in total. The minimum absolute atomic E-state index is 0.128. The van der Waals surface area contributed by atoms with E-state index in [9.17, 15) is 14.0 Å². The molecule has 1 aliphatic rings. The van der Waals surface area contributed by atoms with Crippen LogP contribution in [-0.2, 0) is 11.4 Å². The molecule has 0 spiro atoms. The number of imide groups is 1. The second-order valence-corrected chi connectivity index (χ2v) is 8.16. The average molecular weight is 473 g/mol. The summed E-state index contributed by atoms with van der Waals surface area (Å²) in [4.78, 5) is 26.8. The topological polar surface area (TPSA) is 58.6 Å². The van der Waals surface area contributed by atoms with Crippen LogP contribution in [0.3, 0.4) is 0 Å². The first-order valence-electron chi connectivity index (χ1n) is 10.5. The number of hydrogen-bond donors (Lipinski definition) is 1. The molecule has 1 fully saturated rings. The molecular weight excluding hydrogens is 455 g/mol. The Morgan fingerprint density at radius 3 is 2.41 bits per heavy atom. The van der Waals surface area contributed by atoms with E-state index in [1.165, 1.54) is 12.1 Å². The Hall–Kier alpha value is -4.16. The van der Waals surface area contributed by atoms with Crippen LogP contribution in [0.4, 0.5) is 14.9 Å². The Morgan fingerprint density at radius 1 is 0.912 bits per heavy atom. The van der Waals surface area contributed by atoms with Crippen LogP contribution >= 0.6 is 11.6 Å². The van der Waals surface area contributed by atoms with Gasteiger partial charge in [-0.1, -0.05) is 54.1 Å². The molecule has 3 amide bonds. The lowest BCUT2D eigenvalue weighted by Crippen LogP contribution is -2.30. The molecule has 0 aromatic heterocycles. The van der Waals surface area contributed by atoms with Crippen molar-refractivity contribution in [3.05, 3.63) is 113 Å². The summed E-state index contributed by atoms with van der Waals surface area (Å²) in [5, 5.41) is 4.97.